The van der Waals surface area contributed by atoms with Crippen molar-refractivity contribution in [1.29, 1.82) is 0 Å². The number of esters is 2. The number of methoxy groups -OCH3 is 3. The van der Waals surface area contributed by atoms with Gasteiger partial charge in [-0.3, -0.25) is 9.59 Å². The van der Waals surface area contributed by atoms with Gasteiger partial charge in [-0.2, -0.15) is 0 Å². The summed E-state index contributed by atoms with van der Waals surface area (Å²) in [5, 5.41) is 2.66. The highest BCUT2D eigenvalue weighted by atomic mass is 16.6. The second-order valence-electron chi connectivity index (χ2n) is 11.9. The molecule has 0 aliphatic carbocycles. The molecule has 10 heteroatoms. The molecule has 1 aliphatic rings. The lowest BCUT2D eigenvalue weighted by molar-refractivity contribution is -0.185. The van der Waals surface area contributed by atoms with Crippen molar-refractivity contribution in [3.8, 4) is 23.0 Å². The van der Waals surface area contributed by atoms with Gasteiger partial charge in [0.25, 0.3) is 0 Å². The molecule has 0 radical (unpaired) electrons. The fourth-order valence-corrected chi connectivity index (χ4v) is 6.31. The molecular formula is C37H35NO9. The molecule has 0 saturated carbocycles. The summed E-state index contributed by atoms with van der Waals surface area (Å²) in [6, 6.07) is 18.4. The number of carbonyl (C=O) groups is 2. The standard InChI is InChI=1S/C37H35NO9/c1-20(39)45-35-32-29(47-37(2,3)36(35)46-30(40)15-13-21-12-14-26(42-5)27(16-21)43-6)19-28(44-7)31-33(32)38(4)25-18-23-11-9-8-10-22(23)17-24(25)34(31)41/h8-19,35-36H,1-7H3/b15-13+/t35-,36-/m1/s1. The highest BCUT2D eigenvalue weighted by molar-refractivity contribution is 6.04. The third-order valence-corrected chi connectivity index (χ3v) is 8.49. The molecule has 10 nitrogen and oxygen atoms in total. The van der Waals surface area contributed by atoms with Crippen LogP contribution in [0.5, 0.6) is 23.0 Å². The first-order chi connectivity index (χ1) is 22.5. The van der Waals surface area contributed by atoms with E-state index >= 15 is 0 Å². The summed E-state index contributed by atoms with van der Waals surface area (Å²) < 4.78 is 36.7. The van der Waals surface area contributed by atoms with Gasteiger partial charge in [-0.15, -0.1) is 0 Å². The summed E-state index contributed by atoms with van der Waals surface area (Å²) in [4.78, 5) is 40.2. The zero-order chi connectivity index (χ0) is 33.6. The molecule has 0 spiro atoms. The number of carbonyl (C=O) groups excluding carboxylic acids is 2. The van der Waals surface area contributed by atoms with Crippen molar-refractivity contribution in [3.63, 3.8) is 0 Å². The molecule has 0 N–H and O–H groups in total. The van der Waals surface area contributed by atoms with Crippen molar-refractivity contribution in [3.05, 3.63) is 88.1 Å². The molecule has 5 aromatic rings. The van der Waals surface area contributed by atoms with Gasteiger partial charge >= 0.3 is 11.9 Å². The Kier molecular flexibility index (Phi) is 8.05. The SMILES string of the molecule is COc1ccc(/C=C/C(=O)O[C@@H]2[C@H](OC(C)=O)c3c(cc(OC)c4c(=O)c5cc6ccccc6cc5n(C)c34)OC2(C)C)cc1OC. The molecule has 47 heavy (non-hydrogen) atoms. The van der Waals surface area contributed by atoms with Crippen LogP contribution in [-0.4, -0.2) is 49.5 Å². The van der Waals surface area contributed by atoms with Gasteiger partial charge in [0.05, 0.1) is 43.3 Å². The number of pyridine rings is 1. The summed E-state index contributed by atoms with van der Waals surface area (Å²) in [6.07, 6.45) is 0.635. The lowest BCUT2D eigenvalue weighted by Gasteiger charge is -2.43. The number of fused-ring (bicyclic) bond motifs is 5. The summed E-state index contributed by atoms with van der Waals surface area (Å²) in [5.41, 5.74) is 0.756. The monoisotopic (exact) mass is 637 g/mol. The summed E-state index contributed by atoms with van der Waals surface area (Å²) in [7, 11) is 6.38. The van der Waals surface area contributed by atoms with E-state index < -0.39 is 29.7 Å². The van der Waals surface area contributed by atoms with Crippen LogP contribution in [0.25, 0.3) is 38.7 Å². The molecule has 2 heterocycles. The van der Waals surface area contributed by atoms with Crippen LogP contribution in [0.15, 0.2) is 71.5 Å². The minimum absolute atomic E-state index is 0.253. The number of ether oxygens (including phenoxy) is 6. The van der Waals surface area contributed by atoms with Crippen molar-refractivity contribution in [2.45, 2.75) is 38.6 Å². The summed E-state index contributed by atoms with van der Waals surface area (Å²) in [6.45, 7) is 4.76. The molecule has 0 unspecified atom stereocenters. The minimum Gasteiger partial charge on any atom is -0.496 e. The number of hydrogen-bond donors (Lipinski definition) is 0. The van der Waals surface area contributed by atoms with Crippen molar-refractivity contribution in [1.82, 2.24) is 4.57 Å². The van der Waals surface area contributed by atoms with E-state index in [9.17, 15) is 14.4 Å². The smallest absolute Gasteiger partial charge is 0.331 e. The van der Waals surface area contributed by atoms with Crippen LogP contribution in [0.4, 0.5) is 0 Å². The lowest BCUT2D eigenvalue weighted by atomic mass is 9.86. The maximum absolute atomic E-state index is 14.2. The Labute approximate surface area is 271 Å². The van der Waals surface area contributed by atoms with E-state index in [2.05, 4.69) is 0 Å². The molecule has 1 aliphatic heterocycles. The number of benzene rings is 4. The lowest BCUT2D eigenvalue weighted by Crippen LogP contribution is -2.52. The molecule has 1 aromatic heterocycles. The fourth-order valence-electron chi connectivity index (χ4n) is 6.31. The van der Waals surface area contributed by atoms with Crippen molar-refractivity contribution in [2.75, 3.05) is 21.3 Å². The number of aryl methyl sites for hydroxylation is 1. The second kappa shape index (κ2) is 12.0. The largest absolute Gasteiger partial charge is 0.496 e. The molecule has 0 amide bonds. The zero-order valence-corrected chi connectivity index (χ0v) is 27.2. The molecule has 6 rings (SSSR count). The maximum atomic E-state index is 14.2. The van der Waals surface area contributed by atoms with Gasteiger partial charge in [0.2, 0.25) is 5.43 Å². The number of rotatable bonds is 7. The van der Waals surface area contributed by atoms with Gasteiger partial charge < -0.3 is 33.0 Å². The van der Waals surface area contributed by atoms with Crippen molar-refractivity contribution >= 4 is 50.6 Å². The second-order valence-corrected chi connectivity index (χ2v) is 11.9. The first kappa shape index (κ1) is 31.5. The Balaban J connectivity index is 1.51. The molecule has 0 saturated heterocycles. The van der Waals surface area contributed by atoms with E-state index in [0.29, 0.717) is 50.5 Å². The Morgan fingerprint density at radius 1 is 0.872 bits per heavy atom. The Hall–Kier alpha value is -5.51. The molecule has 0 fully saturated rings. The number of aromatic nitrogens is 1. The third kappa shape index (κ3) is 5.49. The zero-order valence-electron chi connectivity index (χ0n) is 27.2. The van der Waals surface area contributed by atoms with Crippen LogP contribution in [0.1, 0.15) is 38.0 Å². The Morgan fingerprint density at radius 3 is 2.21 bits per heavy atom. The molecular weight excluding hydrogens is 602 g/mol. The van der Waals surface area contributed by atoms with Crippen LogP contribution in [0.3, 0.4) is 0 Å². The van der Waals surface area contributed by atoms with Crippen LogP contribution in [0.2, 0.25) is 0 Å². The number of hydrogen-bond acceptors (Lipinski definition) is 9. The van der Waals surface area contributed by atoms with E-state index in [-0.39, 0.29) is 10.8 Å². The van der Waals surface area contributed by atoms with Gasteiger partial charge in [-0.25, -0.2) is 4.79 Å². The minimum atomic E-state index is -1.16. The van der Waals surface area contributed by atoms with Gasteiger partial charge in [0.15, 0.2) is 23.7 Å². The van der Waals surface area contributed by atoms with E-state index in [1.165, 1.54) is 34.3 Å². The van der Waals surface area contributed by atoms with Gasteiger partial charge in [-0.05, 0) is 60.5 Å². The van der Waals surface area contributed by atoms with Gasteiger partial charge in [0.1, 0.15) is 17.1 Å². The maximum Gasteiger partial charge on any atom is 0.331 e. The molecule has 4 aromatic carbocycles. The van der Waals surface area contributed by atoms with Crippen LogP contribution >= 0.6 is 0 Å². The predicted octanol–water partition coefficient (Wildman–Crippen LogP) is 6.27. The Morgan fingerprint density at radius 2 is 1.55 bits per heavy atom. The molecule has 2 atom stereocenters. The average molecular weight is 638 g/mol. The van der Waals surface area contributed by atoms with E-state index in [1.807, 2.05) is 48.0 Å². The predicted molar refractivity (Wildman–Crippen MR) is 178 cm³/mol. The Bertz CT molecular complexity index is 2160. The van der Waals surface area contributed by atoms with Crippen LogP contribution < -0.4 is 24.4 Å². The van der Waals surface area contributed by atoms with Crippen LogP contribution in [0, 0.1) is 0 Å². The fraction of sp³-hybridized carbons (Fsp3) is 0.270. The van der Waals surface area contributed by atoms with E-state index in [1.54, 1.807) is 44.2 Å². The molecule has 0 bridgehead atoms. The van der Waals surface area contributed by atoms with E-state index in [0.717, 1.165) is 10.8 Å². The first-order valence-electron chi connectivity index (χ1n) is 15.0. The normalized spacial score (nSPS) is 16.9. The van der Waals surface area contributed by atoms with Gasteiger partial charge in [0, 0.05) is 31.5 Å². The van der Waals surface area contributed by atoms with Crippen molar-refractivity contribution in [2.24, 2.45) is 7.05 Å². The summed E-state index contributed by atoms with van der Waals surface area (Å²) >= 11 is 0. The van der Waals surface area contributed by atoms with Gasteiger partial charge in [-0.1, -0.05) is 30.3 Å². The average Bonchev–Trinajstić information content (AvgIpc) is 3.05. The number of nitrogens with zero attached hydrogens (tertiary/aromatic N) is 1. The third-order valence-electron chi connectivity index (χ3n) is 8.49. The van der Waals surface area contributed by atoms with E-state index in [4.69, 9.17) is 28.4 Å². The highest BCUT2D eigenvalue weighted by Gasteiger charge is 2.50. The quantitative estimate of drug-likeness (QED) is 0.116. The topological polar surface area (TPSA) is 112 Å². The van der Waals surface area contributed by atoms with Crippen molar-refractivity contribution < 1.29 is 38.0 Å². The highest BCUT2D eigenvalue weighted by Crippen LogP contribution is 2.49. The first-order valence-corrected chi connectivity index (χ1v) is 15.0. The molecule has 242 valence electrons. The summed E-state index contributed by atoms with van der Waals surface area (Å²) in [5.74, 6) is 0.418. The van der Waals surface area contributed by atoms with Crippen LogP contribution in [-0.2, 0) is 26.1 Å².